The van der Waals surface area contributed by atoms with Crippen molar-refractivity contribution in [3.63, 3.8) is 0 Å². The van der Waals surface area contributed by atoms with Crippen molar-refractivity contribution in [2.24, 2.45) is 0 Å². The van der Waals surface area contributed by atoms with E-state index < -0.39 is 12.3 Å². The van der Waals surface area contributed by atoms with Gasteiger partial charge in [0.1, 0.15) is 5.69 Å². The van der Waals surface area contributed by atoms with Gasteiger partial charge in [-0.15, -0.1) is 0 Å². The van der Waals surface area contributed by atoms with Crippen molar-refractivity contribution in [1.82, 2.24) is 9.97 Å². The van der Waals surface area contributed by atoms with Gasteiger partial charge >= 0.3 is 5.97 Å². The zero-order chi connectivity index (χ0) is 13.7. The van der Waals surface area contributed by atoms with Crippen LogP contribution in [0.15, 0.2) is 12.3 Å². The van der Waals surface area contributed by atoms with E-state index in [1.807, 2.05) is 0 Å². The van der Waals surface area contributed by atoms with Crippen molar-refractivity contribution >= 4 is 17.8 Å². The fourth-order valence-electron chi connectivity index (χ4n) is 1.18. The number of methoxy groups -OCH3 is 1. The lowest BCUT2D eigenvalue weighted by Crippen LogP contribution is -2.25. The Morgan fingerprint density at radius 1 is 1.39 bits per heavy atom. The first-order chi connectivity index (χ1) is 8.45. The largest absolute Gasteiger partial charge is 0.430 e. The van der Waals surface area contributed by atoms with Crippen LogP contribution in [0.4, 0.5) is 5.95 Å². The van der Waals surface area contributed by atoms with Crippen molar-refractivity contribution in [1.29, 1.82) is 0 Å². The predicted octanol–water partition coefficient (Wildman–Crippen LogP) is 0.667. The molecule has 0 aromatic carbocycles. The van der Waals surface area contributed by atoms with E-state index in [-0.39, 0.29) is 11.9 Å². The topological polar surface area (TPSA) is 81.6 Å². The number of nitrogens with zero attached hydrogens (tertiary/aromatic N) is 3. The first kappa shape index (κ1) is 14.0. The number of amides is 1. The molecule has 1 amide bonds. The molecule has 1 aromatic heterocycles. The number of esters is 1. The minimum atomic E-state index is -0.912. The Labute approximate surface area is 105 Å². The summed E-state index contributed by atoms with van der Waals surface area (Å²) in [6.45, 7) is 2.67. The Morgan fingerprint density at radius 3 is 2.56 bits per heavy atom. The molecule has 1 aromatic rings. The van der Waals surface area contributed by atoms with Gasteiger partial charge in [0.15, 0.2) is 0 Å². The monoisotopic (exact) mass is 253 g/mol. The second kappa shape index (κ2) is 6.06. The van der Waals surface area contributed by atoms with Crippen molar-refractivity contribution < 1.29 is 19.1 Å². The third-order valence-electron chi connectivity index (χ3n) is 2.17. The molecule has 98 valence electrons. The van der Waals surface area contributed by atoms with Crippen LogP contribution in [0.2, 0.25) is 0 Å². The Morgan fingerprint density at radius 2 is 2.06 bits per heavy atom. The third kappa shape index (κ3) is 3.49. The van der Waals surface area contributed by atoms with E-state index in [1.165, 1.54) is 32.1 Å². The molecule has 7 nitrogen and oxygen atoms in total. The van der Waals surface area contributed by atoms with Crippen LogP contribution < -0.4 is 4.90 Å². The number of rotatable bonds is 4. The molecular formula is C11H15N3O4. The minimum Gasteiger partial charge on any atom is -0.430 e. The molecule has 1 heterocycles. The number of ether oxygens (including phenoxy) is 2. The Kier molecular flexibility index (Phi) is 4.73. The summed E-state index contributed by atoms with van der Waals surface area (Å²) in [5, 5.41) is 0. The van der Waals surface area contributed by atoms with Crippen LogP contribution in [0.3, 0.4) is 0 Å². The highest BCUT2D eigenvalue weighted by atomic mass is 16.7. The molecule has 18 heavy (non-hydrogen) atoms. The zero-order valence-electron chi connectivity index (χ0n) is 10.7. The number of hydrogen-bond donors (Lipinski definition) is 0. The van der Waals surface area contributed by atoms with Gasteiger partial charge in [0.25, 0.3) is 0 Å². The molecule has 1 rings (SSSR count). The van der Waals surface area contributed by atoms with Gasteiger partial charge in [0, 0.05) is 34.2 Å². The van der Waals surface area contributed by atoms with Gasteiger partial charge in [-0.3, -0.25) is 14.5 Å². The number of aromatic nitrogens is 2. The first-order valence-corrected chi connectivity index (χ1v) is 5.23. The molecule has 0 saturated heterocycles. The van der Waals surface area contributed by atoms with Crippen LogP contribution in [0.5, 0.6) is 0 Å². The molecule has 0 N–H and O–H groups in total. The molecule has 7 heteroatoms. The lowest BCUT2D eigenvalue weighted by atomic mass is 10.4. The van der Waals surface area contributed by atoms with Crippen molar-refractivity contribution in [3.8, 4) is 0 Å². The molecule has 0 fully saturated rings. The molecule has 1 unspecified atom stereocenters. The van der Waals surface area contributed by atoms with E-state index in [0.717, 1.165) is 0 Å². The molecule has 0 aliphatic heterocycles. The summed E-state index contributed by atoms with van der Waals surface area (Å²) in [6.07, 6.45) is 0.553. The number of carbonyl (C=O) groups is 2. The zero-order valence-corrected chi connectivity index (χ0v) is 10.7. The van der Waals surface area contributed by atoms with Gasteiger partial charge in [-0.05, 0) is 6.07 Å². The predicted molar refractivity (Wildman–Crippen MR) is 62.6 cm³/mol. The second-order valence-corrected chi connectivity index (χ2v) is 3.54. The van der Waals surface area contributed by atoms with Crippen LogP contribution in [0, 0.1) is 0 Å². The van der Waals surface area contributed by atoms with E-state index >= 15 is 0 Å². The second-order valence-electron chi connectivity index (χ2n) is 3.54. The number of carbonyl (C=O) groups excluding carboxylic acids is 2. The summed E-state index contributed by atoms with van der Waals surface area (Å²) in [5.41, 5.74) is 0.366. The minimum absolute atomic E-state index is 0.200. The van der Waals surface area contributed by atoms with Crippen LogP contribution in [0.1, 0.15) is 25.8 Å². The van der Waals surface area contributed by atoms with Gasteiger partial charge in [-0.2, -0.15) is 0 Å². The normalized spacial score (nSPS) is 11.8. The summed E-state index contributed by atoms with van der Waals surface area (Å²) in [7, 11) is 2.94. The van der Waals surface area contributed by atoms with E-state index in [2.05, 4.69) is 9.97 Å². The van der Waals surface area contributed by atoms with E-state index in [9.17, 15) is 9.59 Å². The quantitative estimate of drug-likeness (QED) is 0.579. The van der Waals surface area contributed by atoms with Crippen LogP contribution in [-0.4, -0.2) is 36.0 Å². The molecule has 0 spiro atoms. The summed E-state index contributed by atoms with van der Waals surface area (Å²) >= 11 is 0. The highest BCUT2D eigenvalue weighted by Crippen LogP contribution is 2.17. The molecular weight excluding hydrogens is 238 g/mol. The Balaban J connectivity index is 2.99. The van der Waals surface area contributed by atoms with Gasteiger partial charge in [-0.25, -0.2) is 9.97 Å². The Hall–Kier alpha value is -2.02. The van der Waals surface area contributed by atoms with E-state index in [1.54, 1.807) is 13.1 Å². The maximum atomic E-state index is 11.2. The average molecular weight is 253 g/mol. The summed E-state index contributed by atoms with van der Waals surface area (Å²) in [5.74, 6) is -0.468. The fraction of sp³-hybridized carbons (Fsp3) is 0.455. The van der Waals surface area contributed by atoms with Crippen molar-refractivity contribution in [3.05, 3.63) is 18.0 Å². The van der Waals surface area contributed by atoms with Gasteiger partial charge in [0.2, 0.25) is 18.1 Å². The van der Waals surface area contributed by atoms with Crippen molar-refractivity contribution in [2.45, 2.75) is 20.1 Å². The SMILES string of the molecule is COC(OC(C)=O)c1ccnc(N(C)C(C)=O)n1. The van der Waals surface area contributed by atoms with Gasteiger partial charge in [0.05, 0.1) is 0 Å². The summed E-state index contributed by atoms with van der Waals surface area (Å²) < 4.78 is 9.93. The standard InChI is InChI=1S/C11H15N3O4/c1-7(15)14(3)11-12-6-5-9(13-11)10(17-4)18-8(2)16/h5-6,10H,1-4H3. The van der Waals surface area contributed by atoms with Crippen molar-refractivity contribution in [2.75, 3.05) is 19.1 Å². The van der Waals surface area contributed by atoms with E-state index in [4.69, 9.17) is 9.47 Å². The molecule has 0 saturated carbocycles. The van der Waals surface area contributed by atoms with Crippen LogP contribution >= 0.6 is 0 Å². The van der Waals surface area contributed by atoms with Crippen LogP contribution in [-0.2, 0) is 19.1 Å². The lowest BCUT2D eigenvalue weighted by Gasteiger charge is -2.17. The highest BCUT2D eigenvalue weighted by molar-refractivity contribution is 5.88. The third-order valence-corrected chi connectivity index (χ3v) is 2.17. The summed E-state index contributed by atoms with van der Waals surface area (Å²) in [4.78, 5) is 31.5. The van der Waals surface area contributed by atoms with Gasteiger partial charge in [-0.1, -0.05) is 0 Å². The Bertz CT molecular complexity index is 450. The molecule has 1 atom stereocenters. The molecule has 0 aliphatic rings. The van der Waals surface area contributed by atoms with E-state index in [0.29, 0.717) is 5.69 Å². The maximum absolute atomic E-state index is 11.2. The molecule has 0 aliphatic carbocycles. The first-order valence-electron chi connectivity index (χ1n) is 5.23. The molecule has 0 radical (unpaired) electrons. The number of anilines is 1. The highest BCUT2D eigenvalue weighted by Gasteiger charge is 2.17. The maximum Gasteiger partial charge on any atom is 0.305 e. The number of hydrogen-bond acceptors (Lipinski definition) is 6. The summed E-state index contributed by atoms with van der Waals surface area (Å²) in [6, 6.07) is 1.55. The fourth-order valence-corrected chi connectivity index (χ4v) is 1.18. The smallest absolute Gasteiger partial charge is 0.305 e. The molecule has 0 bridgehead atoms. The lowest BCUT2D eigenvalue weighted by molar-refractivity contribution is -0.173. The average Bonchev–Trinajstić information content (AvgIpc) is 2.34. The van der Waals surface area contributed by atoms with Gasteiger partial charge < -0.3 is 9.47 Å². The van der Waals surface area contributed by atoms with Crippen LogP contribution in [0.25, 0.3) is 0 Å².